The summed E-state index contributed by atoms with van der Waals surface area (Å²) in [6, 6.07) is 16.0. The van der Waals surface area contributed by atoms with Gasteiger partial charge in [-0.15, -0.1) is 23.7 Å². The number of likely N-dealkylation sites (tertiary alicyclic amines) is 1. The van der Waals surface area contributed by atoms with E-state index in [2.05, 4.69) is 25.7 Å². The molecule has 0 spiro atoms. The molecule has 5 nitrogen and oxygen atoms in total. The molecule has 5 rings (SSSR count). The van der Waals surface area contributed by atoms with Crippen LogP contribution in [0.1, 0.15) is 67.1 Å². The normalized spacial score (nSPS) is 14.2. The Balaban J connectivity index is 0.00000370. The summed E-state index contributed by atoms with van der Waals surface area (Å²) in [5.41, 5.74) is 3.83. The maximum atomic E-state index is 14.3. The number of rotatable bonds is 7. The summed E-state index contributed by atoms with van der Waals surface area (Å²) >= 11 is 1.47. The van der Waals surface area contributed by atoms with Gasteiger partial charge in [-0.3, -0.25) is 9.69 Å². The van der Waals surface area contributed by atoms with Gasteiger partial charge in [0.15, 0.2) is 5.78 Å². The number of fused-ring (bicyclic) bond motifs is 1. The van der Waals surface area contributed by atoms with E-state index in [0.717, 1.165) is 57.0 Å². The monoisotopic (exact) mass is 579 g/mol. The minimum atomic E-state index is -0.218. The molecule has 0 atom stereocenters. The average Bonchev–Trinajstić information content (AvgIpc) is 3.27. The lowest BCUT2D eigenvalue weighted by atomic mass is 9.83. The fraction of sp³-hybridized carbons (Fsp3) is 0.364. The van der Waals surface area contributed by atoms with Gasteiger partial charge < -0.3 is 14.9 Å². The summed E-state index contributed by atoms with van der Waals surface area (Å²) < 4.78 is 7.25. The first-order valence-corrected chi connectivity index (χ1v) is 14.5. The van der Waals surface area contributed by atoms with Crippen LogP contribution in [0.5, 0.6) is 17.2 Å². The summed E-state index contributed by atoms with van der Waals surface area (Å²) in [4.78, 5) is 17.6. The van der Waals surface area contributed by atoms with Crippen LogP contribution in [0.15, 0.2) is 54.6 Å². The molecule has 0 unspecified atom stereocenters. The third-order valence-electron chi connectivity index (χ3n) is 7.48. The first-order chi connectivity index (χ1) is 18.6. The second kappa shape index (κ2) is 12.2. The minimum Gasteiger partial charge on any atom is -0.508 e. The number of thiophene rings is 1. The number of aryl methyl sites for hydroxylation is 1. The highest BCUT2D eigenvalue weighted by Crippen LogP contribution is 2.43. The molecule has 212 valence electrons. The summed E-state index contributed by atoms with van der Waals surface area (Å²) in [5.74, 6) is 1.14. The number of hydrogen-bond acceptors (Lipinski definition) is 6. The third kappa shape index (κ3) is 6.30. The summed E-state index contributed by atoms with van der Waals surface area (Å²) in [6.07, 6.45) is 3.83. The highest BCUT2D eigenvalue weighted by Gasteiger charge is 2.27. The Bertz CT molecular complexity index is 1500. The van der Waals surface area contributed by atoms with Gasteiger partial charge in [0.2, 0.25) is 0 Å². The Labute approximate surface area is 246 Å². The lowest BCUT2D eigenvalue weighted by Gasteiger charge is -2.28. The van der Waals surface area contributed by atoms with Gasteiger partial charge in [0.1, 0.15) is 23.9 Å². The molecular formula is C33H38ClNO4S. The number of carbonyl (C=O) groups excluding carboxylic acids is 1. The van der Waals surface area contributed by atoms with E-state index >= 15 is 0 Å². The molecule has 1 aromatic heterocycles. The Kier molecular flexibility index (Phi) is 9.13. The van der Waals surface area contributed by atoms with Gasteiger partial charge in [-0.2, -0.15) is 0 Å². The van der Waals surface area contributed by atoms with Crippen LogP contribution >= 0.6 is 23.7 Å². The van der Waals surface area contributed by atoms with E-state index in [9.17, 15) is 15.0 Å². The van der Waals surface area contributed by atoms with Crippen LogP contribution in [-0.4, -0.2) is 47.1 Å². The average molecular weight is 580 g/mol. The zero-order valence-corrected chi connectivity index (χ0v) is 25.3. The van der Waals surface area contributed by atoms with E-state index in [1.165, 1.54) is 30.6 Å². The molecular weight excluding hydrogens is 542 g/mol. The number of ether oxygens (including phenoxy) is 1. The largest absolute Gasteiger partial charge is 0.508 e. The Morgan fingerprint density at radius 2 is 1.62 bits per heavy atom. The number of phenols is 2. The van der Waals surface area contributed by atoms with Crippen molar-refractivity contribution in [3.63, 3.8) is 0 Å². The number of nitrogens with zero attached hydrogens (tertiary/aromatic N) is 1. The molecule has 0 aliphatic carbocycles. The maximum Gasteiger partial charge on any atom is 0.195 e. The Hall–Kier alpha value is -3.06. The predicted molar refractivity (Wildman–Crippen MR) is 167 cm³/mol. The third-order valence-corrected chi connectivity index (χ3v) is 8.68. The molecule has 2 heterocycles. The molecule has 0 radical (unpaired) electrons. The number of phenolic OH excluding ortho intramolecular Hbond substituents is 2. The fourth-order valence-electron chi connectivity index (χ4n) is 5.38. The number of halogens is 1. The van der Waals surface area contributed by atoms with Crippen LogP contribution in [-0.2, 0) is 5.41 Å². The molecule has 1 fully saturated rings. The van der Waals surface area contributed by atoms with E-state index in [1.54, 1.807) is 24.3 Å². The SMILES string of the molecule is Cc1cc(C(=O)c2c(-c3ccc(O)cc3)sc3cc(O)ccc23)cc(C(C)(C)C)c1OCCN1CCCCC1.Cl. The quantitative estimate of drug-likeness (QED) is 0.216. The Morgan fingerprint density at radius 3 is 2.30 bits per heavy atom. The van der Waals surface area contributed by atoms with Gasteiger partial charge in [0.05, 0.1) is 0 Å². The van der Waals surface area contributed by atoms with Gasteiger partial charge in [0.25, 0.3) is 0 Å². The highest BCUT2D eigenvalue weighted by atomic mass is 35.5. The minimum absolute atomic E-state index is 0. The van der Waals surface area contributed by atoms with E-state index in [1.807, 2.05) is 37.3 Å². The number of benzene rings is 3. The molecule has 1 saturated heterocycles. The van der Waals surface area contributed by atoms with Crippen LogP contribution in [0.4, 0.5) is 0 Å². The van der Waals surface area contributed by atoms with Crippen molar-refractivity contribution >= 4 is 39.6 Å². The molecule has 1 aliphatic heterocycles. The smallest absolute Gasteiger partial charge is 0.195 e. The number of carbonyl (C=O) groups is 1. The van der Waals surface area contributed by atoms with Gasteiger partial charge in [-0.25, -0.2) is 0 Å². The zero-order chi connectivity index (χ0) is 27.7. The summed E-state index contributed by atoms with van der Waals surface area (Å²) in [5, 5.41) is 20.7. The van der Waals surface area contributed by atoms with Gasteiger partial charge >= 0.3 is 0 Å². The Morgan fingerprint density at radius 1 is 0.950 bits per heavy atom. The van der Waals surface area contributed by atoms with E-state index in [-0.39, 0.29) is 35.1 Å². The molecule has 40 heavy (non-hydrogen) atoms. The van der Waals surface area contributed by atoms with Crippen molar-refractivity contribution in [1.29, 1.82) is 0 Å². The zero-order valence-electron chi connectivity index (χ0n) is 23.6. The van der Waals surface area contributed by atoms with Gasteiger partial charge in [-0.1, -0.05) is 27.2 Å². The van der Waals surface area contributed by atoms with Crippen molar-refractivity contribution in [2.24, 2.45) is 0 Å². The van der Waals surface area contributed by atoms with E-state index in [4.69, 9.17) is 4.74 Å². The van der Waals surface area contributed by atoms with Crippen molar-refractivity contribution in [2.75, 3.05) is 26.2 Å². The molecule has 1 aliphatic rings. The molecule has 7 heteroatoms. The second-order valence-corrected chi connectivity index (χ2v) is 12.6. The number of piperidine rings is 1. The van der Waals surface area contributed by atoms with Crippen molar-refractivity contribution in [2.45, 2.75) is 52.4 Å². The first kappa shape index (κ1) is 29.9. The lowest BCUT2D eigenvalue weighted by Crippen LogP contribution is -2.33. The van der Waals surface area contributed by atoms with Gasteiger partial charge in [0, 0.05) is 38.2 Å². The number of hydrogen-bond donors (Lipinski definition) is 2. The molecule has 0 saturated carbocycles. The standard InChI is InChI=1S/C33H37NO4S.ClH/c1-21-18-23(19-27(33(2,3)4)31(21)38-17-16-34-14-6-5-7-15-34)30(37)29-26-13-12-25(36)20-28(26)39-32(29)22-8-10-24(35)11-9-22;/h8-13,18-20,35-36H,5-7,14-17H2,1-4H3;1H. The maximum absolute atomic E-state index is 14.3. The van der Waals surface area contributed by atoms with Crippen LogP contribution in [0.2, 0.25) is 0 Å². The molecule has 3 aromatic carbocycles. The van der Waals surface area contributed by atoms with E-state index in [0.29, 0.717) is 17.7 Å². The fourth-order valence-corrected chi connectivity index (χ4v) is 6.62. The van der Waals surface area contributed by atoms with Crippen LogP contribution in [0.25, 0.3) is 20.5 Å². The van der Waals surface area contributed by atoms with Crippen LogP contribution < -0.4 is 4.74 Å². The molecule has 2 N–H and O–H groups in total. The van der Waals surface area contributed by atoms with Crippen LogP contribution in [0, 0.1) is 6.92 Å². The highest BCUT2D eigenvalue weighted by molar-refractivity contribution is 7.22. The first-order valence-electron chi connectivity index (χ1n) is 13.7. The topological polar surface area (TPSA) is 70.0 Å². The number of aromatic hydroxyl groups is 2. The predicted octanol–water partition coefficient (Wildman–Crippen LogP) is 8.10. The molecule has 0 bridgehead atoms. The van der Waals surface area contributed by atoms with Crippen LogP contribution in [0.3, 0.4) is 0 Å². The molecule has 0 amide bonds. The van der Waals surface area contributed by atoms with Crippen molar-refractivity contribution in [3.8, 4) is 27.7 Å². The van der Waals surface area contributed by atoms with E-state index < -0.39 is 0 Å². The van der Waals surface area contributed by atoms with Gasteiger partial charge in [-0.05, 0) is 104 Å². The van der Waals surface area contributed by atoms with Crippen molar-refractivity contribution < 1.29 is 19.7 Å². The molecule has 4 aromatic rings. The van der Waals surface area contributed by atoms with Crippen molar-refractivity contribution in [1.82, 2.24) is 4.90 Å². The number of ketones is 1. The lowest BCUT2D eigenvalue weighted by molar-refractivity contribution is 0.104. The summed E-state index contributed by atoms with van der Waals surface area (Å²) in [7, 11) is 0. The summed E-state index contributed by atoms with van der Waals surface area (Å²) in [6.45, 7) is 12.3. The second-order valence-electron chi connectivity index (χ2n) is 11.5. The van der Waals surface area contributed by atoms with Crippen molar-refractivity contribution in [3.05, 3.63) is 76.9 Å².